The number of nitro groups is 1. The van der Waals surface area contributed by atoms with E-state index in [4.69, 9.17) is 9.47 Å². The van der Waals surface area contributed by atoms with E-state index >= 15 is 0 Å². The summed E-state index contributed by atoms with van der Waals surface area (Å²) in [5.41, 5.74) is -3.03. The number of aliphatic hydroxyl groups excluding tert-OH is 1. The molecule has 0 aliphatic carbocycles. The number of nitrogens with zero attached hydrogens (tertiary/aromatic N) is 3. The third kappa shape index (κ3) is 3.66. The molecule has 13 heteroatoms. The van der Waals surface area contributed by atoms with Crippen molar-refractivity contribution in [2.24, 2.45) is 0 Å². The SMILES string of the molecule is O=c1nc(N2CCC3(CC2)OC[C@H](O)O3)sc2c([N+](=O)[O-])cc(C(F)(F)F)cc12. The molecule has 1 atom stereocenters. The Balaban J connectivity index is 1.71. The van der Waals surface area contributed by atoms with Gasteiger partial charge in [0.15, 0.2) is 17.2 Å². The van der Waals surface area contributed by atoms with Gasteiger partial charge in [0, 0.05) is 32.0 Å². The van der Waals surface area contributed by atoms with Gasteiger partial charge in [0.05, 0.1) is 15.9 Å². The molecule has 1 aromatic heterocycles. The molecule has 0 unspecified atom stereocenters. The first-order valence-corrected chi connectivity index (χ1v) is 9.35. The number of halogens is 3. The number of hydrogen-bond donors (Lipinski definition) is 1. The summed E-state index contributed by atoms with van der Waals surface area (Å²) in [4.78, 5) is 28.3. The second kappa shape index (κ2) is 6.86. The topological polar surface area (TPSA) is 115 Å². The Kier molecular flexibility index (Phi) is 4.72. The summed E-state index contributed by atoms with van der Waals surface area (Å²) in [6, 6.07) is 1.01. The Labute approximate surface area is 164 Å². The Morgan fingerprint density at radius 1 is 1.34 bits per heavy atom. The number of non-ortho nitro benzene ring substituents is 1. The minimum atomic E-state index is -4.83. The molecule has 1 aromatic carbocycles. The molecule has 156 valence electrons. The van der Waals surface area contributed by atoms with Crippen LogP contribution in [0, 0.1) is 10.1 Å². The number of aromatic nitrogens is 1. The van der Waals surface area contributed by atoms with Crippen molar-refractivity contribution in [2.45, 2.75) is 31.1 Å². The van der Waals surface area contributed by atoms with Gasteiger partial charge in [-0.25, -0.2) is 0 Å². The van der Waals surface area contributed by atoms with Crippen LogP contribution >= 0.6 is 11.3 Å². The van der Waals surface area contributed by atoms with Gasteiger partial charge < -0.3 is 19.5 Å². The third-order valence-electron chi connectivity index (χ3n) is 4.85. The minimum Gasteiger partial charge on any atom is -0.366 e. The molecule has 29 heavy (non-hydrogen) atoms. The Morgan fingerprint density at radius 2 is 2.03 bits per heavy atom. The van der Waals surface area contributed by atoms with Crippen LogP contribution in [-0.2, 0) is 15.7 Å². The number of ether oxygens (including phenoxy) is 2. The number of rotatable bonds is 2. The number of piperidine rings is 1. The quantitative estimate of drug-likeness (QED) is 0.567. The molecule has 2 saturated heterocycles. The van der Waals surface area contributed by atoms with Gasteiger partial charge in [0.1, 0.15) is 11.3 Å². The van der Waals surface area contributed by atoms with Gasteiger partial charge in [-0.05, 0) is 6.07 Å². The molecule has 0 bridgehead atoms. The van der Waals surface area contributed by atoms with E-state index in [2.05, 4.69) is 4.98 Å². The van der Waals surface area contributed by atoms with E-state index in [9.17, 15) is 33.2 Å². The zero-order chi connectivity index (χ0) is 21.0. The second-order valence-electron chi connectivity index (χ2n) is 6.71. The smallest absolute Gasteiger partial charge is 0.366 e. The van der Waals surface area contributed by atoms with Crippen molar-refractivity contribution < 1.29 is 32.7 Å². The standard InChI is InChI=1S/C16H14F3N3O6S/c17-16(18,19)8-5-9-12(10(6-8)22(25)26)29-14(20-13(9)24)21-3-1-15(2-4-21)27-7-11(23)28-15/h5-6,11,23H,1-4,7H2/t11-/m1/s1. The highest BCUT2D eigenvalue weighted by Crippen LogP contribution is 2.40. The van der Waals surface area contributed by atoms with Crippen LogP contribution in [0.4, 0.5) is 24.0 Å². The van der Waals surface area contributed by atoms with Crippen LogP contribution in [0.3, 0.4) is 0 Å². The summed E-state index contributed by atoms with van der Waals surface area (Å²) >= 11 is 0.788. The number of hydrogen-bond acceptors (Lipinski definition) is 9. The summed E-state index contributed by atoms with van der Waals surface area (Å²) in [5.74, 6) is -0.925. The lowest BCUT2D eigenvalue weighted by atomic mass is 10.0. The van der Waals surface area contributed by atoms with Gasteiger partial charge in [0.2, 0.25) is 0 Å². The van der Waals surface area contributed by atoms with Crippen molar-refractivity contribution in [1.82, 2.24) is 4.98 Å². The summed E-state index contributed by atoms with van der Waals surface area (Å²) in [7, 11) is 0. The summed E-state index contributed by atoms with van der Waals surface area (Å²) in [6.07, 6.45) is -5.12. The van der Waals surface area contributed by atoms with Gasteiger partial charge in [-0.2, -0.15) is 18.2 Å². The fourth-order valence-corrected chi connectivity index (χ4v) is 4.53. The van der Waals surface area contributed by atoms with Gasteiger partial charge >= 0.3 is 6.18 Å². The van der Waals surface area contributed by atoms with Crippen molar-refractivity contribution in [2.75, 3.05) is 24.6 Å². The maximum absolute atomic E-state index is 13.0. The van der Waals surface area contributed by atoms with Gasteiger partial charge in [-0.1, -0.05) is 11.3 Å². The lowest BCUT2D eigenvalue weighted by molar-refractivity contribution is -0.383. The minimum absolute atomic E-state index is 0.0509. The van der Waals surface area contributed by atoms with Crippen molar-refractivity contribution in [3.8, 4) is 0 Å². The lowest BCUT2D eigenvalue weighted by Gasteiger charge is -2.37. The maximum Gasteiger partial charge on any atom is 0.416 e. The average Bonchev–Trinajstić information content (AvgIpc) is 3.00. The first-order valence-electron chi connectivity index (χ1n) is 8.53. The maximum atomic E-state index is 13.0. The van der Waals surface area contributed by atoms with Crippen LogP contribution in [0.15, 0.2) is 16.9 Å². The number of anilines is 1. The molecule has 1 N–H and O–H groups in total. The first-order chi connectivity index (χ1) is 13.6. The van der Waals surface area contributed by atoms with Crippen molar-refractivity contribution in [3.05, 3.63) is 38.2 Å². The monoisotopic (exact) mass is 433 g/mol. The molecule has 0 amide bonds. The largest absolute Gasteiger partial charge is 0.416 e. The summed E-state index contributed by atoms with van der Waals surface area (Å²) in [5, 5.41) is 20.6. The predicted octanol–water partition coefficient (Wildman–Crippen LogP) is 2.25. The molecular formula is C16H14F3N3O6S. The van der Waals surface area contributed by atoms with E-state index in [1.165, 1.54) is 0 Å². The van der Waals surface area contributed by atoms with Crippen LogP contribution in [0.25, 0.3) is 10.1 Å². The van der Waals surface area contributed by atoms with E-state index in [-0.39, 0.29) is 16.4 Å². The number of alkyl halides is 3. The predicted molar refractivity (Wildman–Crippen MR) is 94.8 cm³/mol. The summed E-state index contributed by atoms with van der Waals surface area (Å²) in [6.45, 7) is 0.709. The van der Waals surface area contributed by atoms with Crippen LogP contribution < -0.4 is 10.5 Å². The average molecular weight is 433 g/mol. The van der Waals surface area contributed by atoms with Gasteiger partial charge in [0.25, 0.3) is 11.2 Å². The zero-order valence-corrected chi connectivity index (χ0v) is 15.5. The zero-order valence-electron chi connectivity index (χ0n) is 14.6. The highest BCUT2D eigenvalue weighted by Gasteiger charge is 2.44. The third-order valence-corrected chi connectivity index (χ3v) is 6.02. The fourth-order valence-electron chi connectivity index (χ4n) is 3.42. The Hall–Kier alpha value is -2.35. The highest BCUT2D eigenvalue weighted by atomic mass is 32.1. The van der Waals surface area contributed by atoms with E-state index in [1.807, 2.05) is 0 Å². The molecule has 2 aromatic rings. The Bertz CT molecular complexity index is 1030. The van der Waals surface area contributed by atoms with Crippen molar-refractivity contribution >= 4 is 32.2 Å². The second-order valence-corrected chi connectivity index (χ2v) is 7.69. The van der Waals surface area contributed by atoms with E-state index < -0.39 is 45.4 Å². The molecule has 0 saturated carbocycles. The van der Waals surface area contributed by atoms with Crippen LogP contribution in [-0.4, -0.2) is 46.8 Å². The van der Waals surface area contributed by atoms with Crippen molar-refractivity contribution in [3.63, 3.8) is 0 Å². The van der Waals surface area contributed by atoms with E-state index in [0.717, 1.165) is 11.3 Å². The molecule has 9 nitrogen and oxygen atoms in total. The molecular weight excluding hydrogens is 419 g/mol. The van der Waals surface area contributed by atoms with E-state index in [1.54, 1.807) is 4.90 Å². The number of benzene rings is 1. The molecule has 2 aliphatic rings. The normalized spacial score (nSPS) is 21.8. The number of nitro benzene ring substituents is 1. The fraction of sp³-hybridized carbons (Fsp3) is 0.500. The van der Waals surface area contributed by atoms with Gasteiger partial charge in [-0.3, -0.25) is 14.9 Å². The van der Waals surface area contributed by atoms with E-state index in [0.29, 0.717) is 38.1 Å². The molecule has 4 rings (SSSR count). The Morgan fingerprint density at radius 3 is 2.59 bits per heavy atom. The summed E-state index contributed by atoms with van der Waals surface area (Å²) < 4.78 is 49.9. The molecule has 3 heterocycles. The first kappa shape index (κ1) is 19.9. The molecule has 1 spiro atoms. The lowest BCUT2D eigenvalue weighted by Crippen LogP contribution is -2.45. The molecule has 2 fully saturated rings. The number of aliphatic hydroxyl groups is 1. The molecule has 2 aliphatic heterocycles. The number of fused-ring (bicyclic) bond motifs is 1. The van der Waals surface area contributed by atoms with Crippen LogP contribution in [0.1, 0.15) is 18.4 Å². The highest BCUT2D eigenvalue weighted by molar-refractivity contribution is 7.22. The molecule has 0 radical (unpaired) electrons. The van der Waals surface area contributed by atoms with Crippen LogP contribution in [0.5, 0.6) is 0 Å². The van der Waals surface area contributed by atoms with Crippen molar-refractivity contribution in [1.29, 1.82) is 0 Å². The van der Waals surface area contributed by atoms with Crippen LogP contribution in [0.2, 0.25) is 0 Å². The van der Waals surface area contributed by atoms with Gasteiger partial charge in [-0.15, -0.1) is 0 Å².